The molecular weight excluding hydrogens is 308 g/mol. The first-order valence-electron chi connectivity index (χ1n) is 8.12. The quantitative estimate of drug-likeness (QED) is 0.922. The van der Waals surface area contributed by atoms with Crippen molar-refractivity contribution in [3.8, 4) is 0 Å². The highest BCUT2D eigenvalue weighted by Gasteiger charge is 2.23. The second kappa shape index (κ2) is 6.20. The van der Waals surface area contributed by atoms with Crippen molar-refractivity contribution < 1.29 is 4.79 Å². The summed E-state index contributed by atoms with van der Waals surface area (Å²) in [6.07, 6.45) is 5.22. The topological polar surface area (TPSA) is 48.5 Å². The number of rotatable bonds is 2. The van der Waals surface area contributed by atoms with Gasteiger partial charge in [0.25, 0.3) is 0 Å². The van der Waals surface area contributed by atoms with E-state index in [1.165, 1.54) is 17.5 Å². The van der Waals surface area contributed by atoms with E-state index in [1.807, 2.05) is 28.6 Å². The molecule has 1 aromatic carbocycles. The Labute approximate surface area is 139 Å². The first kappa shape index (κ1) is 14.5. The Morgan fingerprint density at radius 2 is 2.04 bits per heavy atom. The Kier molecular flexibility index (Phi) is 3.91. The Morgan fingerprint density at radius 1 is 1.17 bits per heavy atom. The predicted octanol–water partition coefficient (Wildman–Crippen LogP) is 2.99. The van der Waals surface area contributed by atoms with Crippen LogP contribution >= 0.6 is 11.3 Å². The Bertz CT molecular complexity index is 693. The molecule has 2 heterocycles. The zero-order chi connectivity index (χ0) is 15.6. The van der Waals surface area contributed by atoms with Gasteiger partial charge in [-0.05, 0) is 36.5 Å². The maximum Gasteiger partial charge on any atom is 0.321 e. The minimum Gasteiger partial charge on any atom is -0.345 e. The lowest BCUT2D eigenvalue weighted by molar-refractivity contribution is 0.208. The first-order valence-corrected chi connectivity index (χ1v) is 9.00. The summed E-state index contributed by atoms with van der Waals surface area (Å²) in [4.78, 5) is 21.0. The van der Waals surface area contributed by atoms with Crippen LogP contribution in [-0.4, -0.2) is 42.1 Å². The summed E-state index contributed by atoms with van der Waals surface area (Å²) < 4.78 is 0. The van der Waals surface area contributed by atoms with Gasteiger partial charge in [-0.3, -0.25) is 0 Å². The molecule has 2 amide bonds. The number of thiazole rings is 1. The number of carbonyl (C=O) groups excluding carboxylic acids is 1. The van der Waals surface area contributed by atoms with E-state index in [4.69, 9.17) is 0 Å². The van der Waals surface area contributed by atoms with E-state index in [9.17, 15) is 4.79 Å². The van der Waals surface area contributed by atoms with Crippen LogP contribution < -0.4 is 10.2 Å². The third kappa shape index (κ3) is 2.91. The lowest BCUT2D eigenvalue weighted by Crippen LogP contribution is -2.50. The smallest absolute Gasteiger partial charge is 0.321 e. The molecule has 1 aliphatic heterocycles. The van der Waals surface area contributed by atoms with Crippen molar-refractivity contribution in [3.05, 3.63) is 40.9 Å². The average Bonchev–Trinajstić information content (AvgIpc) is 3.27. The standard InChI is InChI=1S/C17H20N4OS/c22-16(19-15-6-2-4-13-3-1-5-14(13)15)20-8-10-21(11-9-20)17-18-7-12-23-17/h2,4,6-7,12H,1,3,5,8-11H2,(H,19,22). The number of hydrogen-bond donors (Lipinski definition) is 1. The van der Waals surface area contributed by atoms with Crippen LogP contribution in [0.15, 0.2) is 29.8 Å². The fourth-order valence-electron chi connectivity index (χ4n) is 3.40. The summed E-state index contributed by atoms with van der Waals surface area (Å²) in [6.45, 7) is 3.16. The number of benzene rings is 1. The minimum atomic E-state index is 0.0177. The van der Waals surface area contributed by atoms with Crippen molar-refractivity contribution in [2.45, 2.75) is 19.3 Å². The van der Waals surface area contributed by atoms with Crippen molar-refractivity contribution >= 4 is 28.2 Å². The summed E-state index contributed by atoms with van der Waals surface area (Å²) in [5, 5.41) is 6.15. The number of nitrogens with zero attached hydrogens (tertiary/aromatic N) is 3. The molecule has 0 spiro atoms. The lowest BCUT2D eigenvalue weighted by atomic mass is 10.1. The largest absolute Gasteiger partial charge is 0.345 e. The summed E-state index contributed by atoms with van der Waals surface area (Å²) >= 11 is 1.65. The number of amides is 2. The molecule has 4 rings (SSSR count). The van der Waals surface area contributed by atoms with Crippen LogP contribution in [0.3, 0.4) is 0 Å². The number of fused-ring (bicyclic) bond motifs is 1. The van der Waals surface area contributed by atoms with Gasteiger partial charge in [0.1, 0.15) is 0 Å². The number of urea groups is 1. The van der Waals surface area contributed by atoms with Crippen LogP contribution in [0.5, 0.6) is 0 Å². The van der Waals surface area contributed by atoms with Crippen molar-refractivity contribution in [3.63, 3.8) is 0 Å². The Morgan fingerprint density at radius 3 is 2.83 bits per heavy atom. The molecule has 1 aliphatic carbocycles. The number of aromatic nitrogens is 1. The van der Waals surface area contributed by atoms with Gasteiger partial charge in [0.2, 0.25) is 0 Å². The van der Waals surface area contributed by atoms with Gasteiger partial charge in [-0.2, -0.15) is 0 Å². The van der Waals surface area contributed by atoms with Crippen molar-refractivity contribution in [2.24, 2.45) is 0 Å². The molecule has 0 bridgehead atoms. The number of carbonyl (C=O) groups is 1. The molecule has 1 N–H and O–H groups in total. The van der Waals surface area contributed by atoms with Crippen LogP contribution in [0.4, 0.5) is 15.6 Å². The normalized spacial score (nSPS) is 17.2. The zero-order valence-electron chi connectivity index (χ0n) is 13.0. The van der Waals surface area contributed by atoms with E-state index in [0.717, 1.165) is 49.8 Å². The molecule has 23 heavy (non-hydrogen) atoms. The maximum atomic E-state index is 12.5. The van der Waals surface area contributed by atoms with Gasteiger partial charge in [0.15, 0.2) is 5.13 Å². The number of nitrogens with one attached hydrogen (secondary N) is 1. The van der Waals surface area contributed by atoms with Gasteiger partial charge in [0.05, 0.1) is 0 Å². The van der Waals surface area contributed by atoms with E-state index in [1.54, 1.807) is 11.3 Å². The van der Waals surface area contributed by atoms with Crippen LogP contribution in [0.25, 0.3) is 0 Å². The molecule has 0 saturated carbocycles. The Balaban J connectivity index is 1.38. The first-order chi connectivity index (χ1) is 11.3. The van der Waals surface area contributed by atoms with Crippen LogP contribution in [0.1, 0.15) is 17.5 Å². The molecular formula is C17H20N4OS. The summed E-state index contributed by atoms with van der Waals surface area (Å²) in [5.41, 5.74) is 3.70. The van der Waals surface area contributed by atoms with Crippen molar-refractivity contribution in [2.75, 3.05) is 36.4 Å². The van der Waals surface area contributed by atoms with Gasteiger partial charge >= 0.3 is 6.03 Å². The van der Waals surface area contributed by atoms with E-state index < -0.39 is 0 Å². The van der Waals surface area contributed by atoms with Crippen molar-refractivity contribution in [1.82, 2.24) is 9.88 Å². The van der Waals surface area contributed by atoms with Gasteiger partial charge in [-0.1, -0.05) is 12.1 Å². The van der Waals surface area contributed by atoms with Gasteiger partial charge in [-0.25, -0.2) is 9.78 Å². The molecule has 0 radical (unpaired) electrons. The van der Waals surface area contributed by atoms with Gasteiger partial charge < -0.3 is 15.1 Å². The fourth-order valence-corrected chi connectivity index (χ4v) is 4.10. The Hall–Kier alpha value is -2.08. The van der Waals surface area contributed by atoms with Crippen LogP contribution in [0.2, 0.25) is 0 Å². The van der Waals surface area contributed by atoms with Crippen LogP contribution in [0, 0.1) is 0 Å². The lowest BCUT2D eigenvalue weighted by Gasteiger charge is -2.34. The highest BCUT2D eigenvalue weighted by atomic mass is 32.1. The zero-order valence-corrected chi connectivity index (χ0v) is 13.8. The molecule has 6 heteroatoms. The molecule has 2 aliphatic rings. The van der Waals surface area contributed by atoms with E-state index >= 15 is 0 Å². The number of aryl methyl sites for hydroxylation is 1. The number of hydrogen-bond acceptors (Lipinski definition) is 4. The van der Waals surface area contributed by atoms with Crippen molar-refractivity contribution in [1.29, 1.82) is 0 Å². The SMILES string of the molecule is O=C(Nc1cccc2c1CCC2)N1CCN(c2nccs2)CC1. The van der Waals surface area contributed by atoms with Crippen LogP contribution in [-0.2, 0) is 12.8 Å². The molecule has 1 saturated heterocycles. The molecule has 2 aromatic rings. The second-order valence-electron chi connectivity index (χ2n) is 6.02. The minimum absolute atomic E-state index is 0.0177. The fraction of sp³-hybridized carbons (Fsp3) is 0.412. The summed E-state index contributed by atoms with van der Waals surface area (Å²) in [6, 6.07) is 6.25. The highest BCUT2D eigenvalue weighted by molar-refractivity contribution is 7.13. The second-order valence-corrected chi connectivity index (χ2v) is 6.89. The number of piperazine rings is 1. The summed E-state index contributed by atoms with van der Waals surface area (Å²) in [5.74, 6) is 0. The third-order valence-electron chi connectivity index (χ3n) is 4.64. The molecule has 0 atom stereocenters. The predicted molar refractivity (Wildman–Crippen MR) is 93.4 cm³/mol. The number of anilines is 2. The third-order valence-corrected chi connectivity index (χ3v) is 5.48. The summed E-state index contributed by atoms with van der Waals surface area (Å²) in [7, 11) is 0. The average molecular weight is 328 g/mol. The van der Waals surface area contributed by atoms with E-state index in [-0.39, 0.29) is 6.03 Å². The van der Waals surface area contributed by atoms with Gasteiger partial charge in [-0.15, -0.1) is 11.3 Å². The maximum absolute atomic E-state index is 12.5. The molecule has 0 unspecified atom stereocenters. The van der Waals surface area contributed by atoms with E-state index in [2.05, 4.69) is 21.3 Å². The molecule has 120 valence electrons. The molecule has 1 fully saturated rings. The molecule has 5 nitrogen and oxygen atoms in total. The van der Waals surface area contributed by atoms with Gasteiger partial charge in [0, 0.05) is 43.4 Å². The molecule has 1 aromatic heterocycles. The highest BCUT2D eigenvalue weighted by Crippen LogP contribution is 2.29. The monoisotopic (exact) mass is 328 g/mol. The van der Waals surface area contributed by atoms with E-state index in [0.29, 0.717) is 0 Å².